The SMILES string of the molecule is O=C(CCc1c[nH]c2ccccc12)N1CCC(C(=O)N2CCCC2)CC1. The summed E-state index contributed by atoms with van der Waals surface area (Å²) in [6.45, 7) is 3.28. The fourth-order valence-corrected chi connectivity index (χ4v) is 4.31. The van der Waals surface area contributed by atoms with Gasteiger partial charge in [0.2, 0.25) is 11.8 Å². The van der Waals surface area contributed by atoms with E-state index in [0.717, 1.165) is 63.8 Å². The second kappa shape index (κ2) is 7.52. The molecule has 2 fully saturated rings. The second-order valence-electron chi connectivity index (χ2n) is 7.55. The standard InChI is InChI=1S/C21H27N3O2/c25-20(8-7-17-15-22-19-6-2-1-5-18(17)19)23-13-9-16(10-14-23)21(26)24-11-3-4-12-24/h1-2,5-6,15-16,22H,3-4,7-14H2. The highest BCUT2D eigenvalue weighted by Crippen LogP contribution is 2.23. The van der Waals surface area contributed by atoms with E-state index in [0.29, 0.717) is 12.3 Å². The van der Waals surface area contributed by atoms with Crippen molar-refractivity contribution >= 4 is 22.7 Å². The van der Waals surface area contributed by atoms with Gasteiger partial charge in [0.15, 0.2) is 0 Å². The number of amides is 2. The van der Waals surface area contributed by atoms with E-state index in [2.05, 4.69) is 17.1 Å². The summed E-state index contributed by atoms with van der Waals surface area (Å²) in [7, 11) is 0. The number of nitrogens with zero attached hydrogens (tertiary/aromatic N) is 2. The van der Waals surface area contributed by atoms with Gasteiger partial charge >= 0.3 is 0 Å². The fraction of sp³-hybridized carbons (Fsp3) is 0.524. The Hall–Kier alpha value is -2.30. The number of para-hydroxylation sites is 1. The Balaban J connectivity index is 1.27. The van der Waals surface area contributed by atoms with Crippen LogP contribution < -0.4 is 0 Å². The van der Waals surface area contributed by atoms with E-state index in [-0.39, 0.29) is 11.8 Å². The predicted octanol–water partition coefficient (Wildman–Crippen LogP) is 2.96. The zero-order chi connectivity index (χ0) is 17.9. The molecule has 4 rings (SSSR count). The lowest BCUT2D eigenvalue weighted by Crippen LogP contribution is -2.43. The van der Waals surface area contributed by atoms with Gasteiger partial charge in [-0.3, -0.25) is 9.59 Å². The molecule has 3 heterocycles. The van der Waals surface area contributed by atoms with Gasteiger partial charge in [-0.05, 0) is 43.7 Å². The van der Waals surface area contributed by atoms with Gasteiger partial charge in [0, 0.05) is 55.6 Å². The van der Waals surface area contributed by atoms with Crippen LogP contribution in [0, 0.1) is 5.92 Å². The number of carbonyl (C=O) groups excluding carboxylic acids is 2. The van der Waals surface area contributed by atoms with E-state index in [1.165, 1.54) is 10.9 Å². The minimum atomic E-state index is 0.116. The number of hydrogen-bond donors (Lipinski definition) is 1. The molecule has 26 heavy (non-hydrogen) atoms. The molecule has 0 aliphatic carbocycles. The number of rotatable bonds is 4. The number of H-pyrrole nitrogens is 1. The minimum Gasteiger partial charge on any atom is -0.361 e. The fourth-order valence-electron chi connectivity index (χ4n) is 4.31. The van der Waals surface area contributed by atoms with Crippen LogP contribution in [0.15, 0.2) is 30.5 Å². The van der Waals surface area contributed by atoms with Crippen molar-refractivity contribution in [2.75, 3.05) is 26.2 Å². The van der Waals surface area contributed by atoms with Crippen molar-refractivity contribution < 1.29 is 9.59 Å². The van der Waals surface area contributed by atoms with E-state index in [1.54, 1.807) is 0 Å². The van der Waals surface area contributed by atoms with Crippen molar-refractivity contribution in [1.82, 2.24) is 14.8 Å². The number of aromatic nitrogens is 1. The Labute approximate surface area is 154 Å². The number of benzene rings is 1. The summed E-state index contributed by atoms with van der Waals surface area (Å²) in [6, 6.07) is 8.20. The number of hydrogen-bond acceptors (Lipinski definition) is 2. The molecule has 1 N–H and O–H groups in total. The van der Waals surface area contributed by atoms with Crippen LogP contribution in [0.3, 0.4) is 0 Å². The van der Waals surface area contributed by atoms with Crippen molar-refractivity contribution in [1.29, 1.82) is 0 Å². The summed E-state index contributed by atoms with van der Waals surface area (Å²) < 4.78 is 0. The van der Waals surface area contributed by atoms with Crippen LogP contribution >= 0.6 is 0 Å². The number of piperidine rings is 1. The van der Waals surface area contributed by atoms with Crippen molar-refractivity contribution in [3.05, 3.63) is 36.0 Å². The summed E-state index contributed by atoms with van der Waals surface area (Å²) in [6.07, 6.45) is 7.21. The van der Waals surface area contributed by atoms with Crippen LogP contribution in [0.25, 0.3) is 10.9 Å². The van der Waals surface area contributed by atoms with Crippen molar-refractivity contribution in [3.8, 4) is 0 Å². The Morgan fingerprint density at radius 2 is 1.73 bits per heavy atom. The Bertz CT molecular complexity index is 783. The van der Waals surface area contributed by atoms with E-state index in [9.17, 15) is 9.59 Å². The first kappa shape index (κ1) is 17.1. The third-order valence-corrected chi connectivity index (χ3v) is 5.90. The zero-order valence-electron chi connectivity index (χ0n) is 15.2. The number of aryl methyl sites for hydroxylation is 1. The molecule has 0 bridgehead atoms. The van der Waals surface area contributed by atoms with E-state index in [4.69, 9.17) is 0 Å². The first-order valence-corrected chi connectivity index (χ1v) is 9.84. The number of nitrogens with one attached hydrogen (secondary N) is 1. The Morgan fingerprint density at radius 1 is 1.00 bits per heavy atom. The van der Waals surface area contributed by atoms with Gasteiger partial charge in [-0.2, -0.15) is 0 Å². The number of fused-ring (bicyclic) bond motifs is 1. The number of aromatic amines is 1. The van der Waals surface area contributed by atoms with E-state index >= 15 is 0 Å². The first-order chi connectivity index (χ1) is 12.7. The van der Waals surface area contributed by atoms with E-state index < -0.39 is 0 Å². The normalized spacial score (nSPS) is 18.6. The van der Waals surface area contributed by atoms with Crippen LogP contribution in [0.2, 0.25) is 0 Å². The second-order valence-corrected chi connectivity index (χ2v) is 7.55. The van der Waals surface area contributed by atoms with Gasteiger partial charge in [0.25, 0.3) is 0 Å². The third kappa shape index (κ3) is 3.48. The summed E-state index contributed by atoms with van der Waals surface area (Å²) >= 11 is 0. The molecule has 1 aromatic heterocycles. The molecule has 2 aromatic rings. The van der Waals surface area contributed by atoms with Crippen LogP contribution in [0.4, 0.5) is 0 Å². The molecule has 5 nitrogen and oxygen atoms in total. The molecule has 2 amide bonds. The molecule has 138 valence electrons. The van der Waals surface area contributed by atoms with Gasteiger partial charge < -0.3 is 14.8 Å². The number of carbonyl (C=O) groups is 2. The molecule has 1 aromatic carbocycles. The summed E-state index contributed by atoms with van der Waals surface area (Å²) in [5, 5.41) is 1.20. The van der Waals surface area contributed by atoms with Gasteiger partial charge in [-0.25, -0.2) is 0 Å². The lowest BCUT2D eigenvalue weighted by molar-refractivity contribution is -0.140. The molecule has 5 heteroatoms. The van der Waals surface area contributed by atoms with Crippen LogP contribution in [-0.4, -0.2) is 52.8 Å². The maximum absolute atomic E-state index is 12.6. The average molecular weight is 353 g/mol. The highest BCUT2D eigenvalue weighted by atomic mass is 16.2. The largest absolute Gasteiger partial charge is 0.361 e. The molecular formula is C21H27N3O2. The smallest absolute Gasteiger partial charge is 0.225 e. The van der Waals surface area contributed by atoms with Crippen molar-refractivity contribution in [3.63, 3.8) is 0 Å². The monoisotopic (exact) mass is 353 g/mol. The van der Waals surface area contributed by atoms with Gasteiger partial charge in [-0.1, -0.05) is 18.2 Å². The average Bonchev–Trinajstić information content (AvgIpc) is 3.36. The van der Waals surface area contributed by atoms with Gasteiger partial charge in [0.05, 0.1) is 0 Å². The quantitative estimate of drug-likeness (QED) is 0.919. The molecular weight excluding hydrogens is 326 g/mol. The lowest BCUT2D eigenvalue weighted by atomic mass is 9.95. The van der Waals surface area contributed by atoms with E-state index in [1.807, 2.05) is 28.1 Å². The van der Waals surface area contributed by atoms with Crippen LogP contribution in [0.1, 0.15) is 37.7 Å². The van der Waals surface area contributed by atoms with Crippen molar-refractivity contribution in [2.24, 2.45) is 5.92 Å². The zero-order valence-corrected chi connectivity index (χ0v) is 15.2. The molecule has 2 aliphatic heterocycles. The maximum Gasteiger partial charge on any atom is 0.225 e. The number of likely N-dealkylation sites (tertiary alicyclic amines) is 2. The lowest BCUT2D eigenvalue weighted by Gasteiger charge is -2.33. The Morgan fingerprint density at radius 3 is 2.50 bits per heavy atom. The molecule has 0 atom stereocenters. The highest BCUT2D eigenvalue weighted by Gasteiger charge is 2.31. The molecule has 0 spiro atoms. The minimum absolute atomic E-state index is 0.116. The molecule has 0 saturated carbocycles. The van der Waals surface area contributed by atoms with Crippen LogP contribution in [0.5, 0.6) is 0 Å². The summed E-state index contributed by atoms with van der Waals surface area (Å²) in [5.74, 6) is 0.640. The molecule has 2 saturated heterocycles. The van der Waals surface area contributed by atoms with Crippen molar-refractivity contribution in [2.45, 2.75) is 38.5 Å². The van der Waals surface area contributed by atoms with Gasteiger partial charge in [-0.15, -0.1) is 0 Å². The molecule has 2 aliphatic rings. The summed E-state index contributed by atoms with van der Waals surface area (Å²) in [4.78, 5) is 32.3. The maximum atomic E-state index is 12.6. The molecule has 0 radical (unpaired) electrons. The van der Waals surface area contributed by atoms with Gasteiger partial charge in [0.1, 0.15) is 0 Å². The first-order valence-electron chi connectivity index (χ1n) is 9.84. The highest BCUT2D eigenvalue weighted by molar-refractivity contribution is 5.84. The van der Waals surface area contributed by atoms with Crippen LogP contribution in [-0.2, 0) is 16.0 Å². The predicted molar refractivity (Wildman–Crippen MR) is 102 cm³/mol. The molecule has 0 unspecified atom stereocenters. The topological polar surface area (TPSA) is 56.4 Å². The third-order valence-electron chi connectivity index (χ3n) is 5.90. The summed E-state index contributed by atoms with van der Waals surface area (Å²) in [5.41, 5.74) is 2.32. The Kier molecular flexibility index (Phi) is 4.96.